The molecule has 5 nitrogen and oxygen atoms in total. The summed E-state index contributed by atoms with van der Waals surface area (Å²) in [6.07, 6.45) is 5.77. The average Bonchev–Trinajstić information content (AvgIpc) is 2.94. The average molecular weight is 323 g/mol. The Labute approximate surface area is 140 Å². The first-order valence-corrected chi connectivity index (χ1v) is 8.60. The molecule has 0 atom stereocenters. The lowest BCUT2D eigenvalue weighted by Gasteiger charge is -2.33. The molecular formula is C18H33N3O2. The van der Waals surface area contributed by atoms with Crippen molar-refractivity contribution < 1.29 is 9.53 Å². The summed E-state index contributed by atoms with van der Waals surface area (Å²) in [6.45, 7) is 14.4. The summed E-state index contributed by atoms with van der Waals surface area (Å²) in [5.41, 5.74) is 0.669. The SMILES string of the molecule is CCn1ccc(CNC(CC)(CC)CNC(=O)OC(C)(C)C)c1. The van der Waals surface area contributed by atoms with E-state index in [0.29, 0.717) is 6.54 Å². The lowest BCUT2D eigenvalue weighted by Crippen LogP contribution is -2.53. The second kappa shape index (κ2) is 8.39. The molecule has 1 rings (SSSR count). The van der Waals surface area contributed by atoms with Crippen LogP contribution in [0.1, 0.15) is 59.9 Å². The van der Waals surface area contributed by atoms with Gasteiger partial charge in [-0.1, -0.05) is 13.8 Å². The van der Waals surface area contributed by atoms with Crippen molar-refractivity contribution in [3.8, 4) is 0 Å². The number of aryl methyl sites for hydroxylation is 1. The van der Waals surface area contributed by atoms with Crippen LogP contribution in [-0.2, 0) is 17.8 Å². The zero-order valence-electron chi connectivity index (χ0n) is 15.5. The van der Waals surface area contributed by atoms with Gasteiger partial charge in [-0.15, -0.1) is 0 Å². The van der Waals surface area contributed by atoms with E-state index in [-0.39, 0.29) is 11.6 Å². The Balaban J connectivity index is 2.58. The topological polar surface area (TPSA) is 55.3 Å². The first-order valence-electron chi connectivity index (χ1n) is 8.60. The van der Waals surface area contributed by atoms with Gasteiger partial charge in [0.1, 0.15) is 5.60 Å². The molecule has 5 heteroatoms. The number of hydrogen-bond donors (Lipinski definition) is 2. The molecule has 0 aliphatic carbocycles. The predicted molar refractivity (Wildman–Crippen MR) is 94.5 cm³/mol. The third-order valence-corrected chi connectivity index (χ3v) is 4.17. The van der Waals surface area contributed by atoms with Gasteiger partial charge < -0.3 is 19.9 Å². The van der Waals surface area contributed by atoms with Crippen molar-refractivity contribution in [3.63, 3.8) is 0 Å². The van der Waals surface area contributed by atoms with Crippen molar-refractivity contribution in [2.45, 2.75) is 78.6 Å². The predicted octanol–water partition coefficient (Wildman–Crippen LogP) is 3.68. The number of alkyl carbamates (subject to hydrolysis) is 1. The van der Waals surface area contributed by atoms with Gasteiger partial charge in [-0.05, 0) is 52.2 Å². The third-order valence-electron chi connectivity index (χ3n) is 4.17. The molecule has 0 aliphatic heterocycles. The van der Waals surface area contributed by atoms with Gasteiger partial charge in [-0.2, -0.15) is 0 Å². The summed E-state index contributed by atoms with van der Waals surface area (Å²) in [7, 11) is 0. The fourth-order valence-corrected chi connectivity index (χ4v) is 2.45. The number of carbonyl (C=O) groups excluding carboxylic acids is 1. The molecule has 0 radical (unpaired) electrons. The van der Waals surface area contributed by atoms with Crippen molar-refractivity contribution in [3.05, 3.63) is 24.0 Å². The first-order chi connectivity index (χ1) is 10.7. The van der Waals surface area contributed by atoms with Crippen LogP contribution < -0.4 is 10.6 Å². The van der Waals surface area contributed by atoms with Gasteiger partial charge in [0.2, 0.25) is 0 Å². The van der Waals surface area contributed by atoms with Crippen LogP contribution in [0.2, 0.25) is 0 Å². The van der Waals surface area contributed by atoms with Crippen molar-refractivity contribution in [1.29, 1.82) is 0 Å². The monoisotopic (exact) mass is 323 g/mol. The molecule has 2 N–H and O–H groups in total. The fraction of sp³-hybridized carbons (Fsp3) is 0.722. The standard InChI is InChI=1S/C18H33N3O2/c1-7-18(8-2,14-19-16(22)23-17(4,5)6)20-12-15-10-11-21(9-3)13-15/h10-11,13,20H,7-9,12,14H2,1-6H3,(H,19,22). The molecule has 0 bridgehead atoms. The Morgan fingerprint density at radius 1 is 1.22 bits per heavy atom. The zero-order chi connectivity index (χ0) is 17.5. The van der Waals surface area contributed by atoms with Gasteiger partial charge in [-0.25, -0.2) is 4.79 Å². The maximum Gasteiger partial charge on any atom is 0.407 e. The van der Waals surface area contributed by atoms with E-state index in [1.165, 1.54) is 5.56 Å². The van der Waals surface area contributed by atoms with Crippen LogP contribution in [0.15, 0.2) is 18.5 Å². The quantitative estimate of drug-likeness (QED) is 0.767. The summed E-state index contributed by atoms with van der Waals surface area (Å²) in [4.78, 5) is 11.9. The molecule has 1 amide bonds. The summed E-state index contributed by atoms with van der Waals surface area (Å²) < 4.78 is 7.48. The van der Waals surface area contributed by atoms with Gasteiger partial charge in [0, 0.05) is 37.6 Å². The maximum absolute atomic E-state index is 11.9. The molecule has 0 saturated heterocycles. The van der Waals surface area contributed by atoms with Crippen LogP contribution in [0.25, 0.3) is 0 Å². The number of nitrogens with one attached hydrogen (secondary N) is 2. The lowest BCUT2D eigenvalue weighted by atomic mass is 9.92. The molecule has 0 fully saturated rings. The molecule has 0 unspecified atom stereocenters. The van der Waals surface area contributed by atoms with Crippen LogP contribution in [0.4, 0.5) is 4.79 Å². The van der Waals surface area contributed by atoms with E-state index in [0.717, 1.165) is 25.9 Å². The van der Waals surface area contributed by atoms with E-state index >= 15 is 0 Å². The van der Waals surface area contributed by atoms with Crippen LogP contribution in [-0.4, -0.2) is 28.3 Å². The van der Waals surface area contributed by atoms with Crippen LogP contribution in [0.5, 0.6) is 0 Å². The smallest absolute Gasteiger partial charge is 0.407 e. The van der Waals surface area contributed by atoms with Gasteiger partial charge >= 0.3 is 6.09 Å². The highest BCUT2D eigenvalue weighted by Gasteiger charge is 2.27. The fourth-order valence-electron chi connectivity index (χ4n) is 2.45. The number of rotatable bonds is 8. The molecule has 132 valence electrons. The van der Waals surface area contributed by atoms with E-state index in [4.69, 9.17) is 4.74 Å². The summed E-state index contributed by atoms with van der Waals surface area (Å²) in [5, 5.41) is 6.53. The minimum Gasteiger partial charge on any atom is -0.444 e. The van der Waals surface area contributed by atoms with E-state index in [2.05, 4.69) is 54.4 Å². The van der Waals surface area contributed by atoms with Gasteiger partial charge in [0.05, 0.1) is 0 Å². The molecule has 1 aromatic rings. The number of ether oxygens (including phenoxy) is 1. The van der Waals surface area contributed by atoms with Crippen molar-refractivity contribution in [2.24, 2.45) is 0 Å². The molecule has 23 heavy (non-hydrogen) atoms. The minimum atomic E-state index is -0.471. The number of carbonyl (C=O) groups is 1. The van der Waals surface area contributed by atoms with Gasteiger partial charge in [0.25, 0.3) is 0 Å². The summed E-state index contributed by atoms with van der Waals surface area (Å²) >= 11 is 0. The molecule has 1 aromatic heterocycles. The lowest BCUT2D eigenvalue weighted by molar-refractivity contribution is 0.0507. The van der Waals surface area contributed by atoms with Crippen molar-refractivity contribution >= 4 is 6.09 Å². The third kappa shape index (κ3) is 6.65. The largest absolute Gasteiger partial charge is 0.444 e. The van der Waals surface area contributed by atoms with Crippen LogP contribution in [0, 0.1) is 0 Å². The molecule has 1 heterocycles. The number of nitrogens with zero attached hydrogens (tertiary/aromatic N) is 1. The Kier molecular flexibility index (Phi) is 7.13. The molecule has 0 aliphatic rings. The highest BCUT2D eigenvalue weighted by atomic mass is 16.6. The second-order valence-electron chi connectivity index (χ2n) is 7.05. The highest BCUT2D eigenvalue weighted by molar-refractivity contribution is 5.67. The highest BCUT2D eigenvalue weighted by Crippen LogP contribution is 2.16. The molecule has 0 saturated carbocycles. The van der Waals surface area contributed by atoms with Crippen molar-refractivity contribution in [1.82, 2.24) is 15.2 Å². The van der Waals surface area contributed by atoms with E-state index < -0.39 is 5.60 Å². The Morgan fingerprint density at radius 3 is 2.35 bits per heavy atom. The normalized spacial score (nSPS) is 12.3. The Hall–Kier alpha value is -1.49. The maximum atomic E-state index is 11.9. The first kappa shape index (κ1) is 19.6. The number of amides is 1. The summed E-state index contributed by atoms with van der Waals surface area (Å²) in [6, 6.07) is 2.13. The van der Waals surface area contributed by atoms with Gasteiger partial charge in [-0.3, -0.25) is 0 Å². The van der Waals surface area contributed by atoms with Crippen LogP contribution in [0.3, 0.4) is 0 Å². The van der Waals surface area contributed by atoms with Crippen molar-refractivity contribution in [2.75, 3.05) is 6.54 Å². The van der Waals surface area contributed by atoms with Crippen LogP contribution >= 0.6 is 0 Å². The van der Waals surface area contributed by atoms with E-state index in [1.807, 2.05) is 20.8 Å². The number of hydrogen-bond acceptors (Lipinski definition) is 3. The molecular weight excluding hydrogens is 290 g/mol. The second-order valence-corrected chi connectivity index (χ2v) is 7.05. The number of aromatic nitrogens is 1. The zero-order valence-corrected chi connectivity index (χ0v) is 15.5. The Morgan fingerprint density at radius 2 is 1.87 bits per heavy atom. The molecule has 0 spiro atoms. The Bertz CT molecular complexity index is 485. The molecule has 0 aromatic carbocycles. The van der Waals surface area contributed by atoms with E-state index in [9.17, 15) is 4.79 Å². The minimum absolute atomic E-state index is 0.120. The summed E-state index contributed by atoms with van der Waals surface area (Å²) in [5.74, 6) is 0. The van der Waals surface area contributed by atoms with E-state index in [1.54, 1.807) is 0 Å². The van der Waals surface area contributed by atoms with Gasteiger partial charge in [0.15, 0.2) is 0 Å².